The molecule has 17 heavy (non-hydrogen) atoms. The van der Waals surface area contributed by atoms with Gasteiger partial charge in [-0.15, -0.1) is 0 Å². The van der Waals surface area contributed by atoms with Crippen LogP contribution in [0.1, 0.15) is 65.2 Å². The highest BCUT2D eigenvalue weighted by atomic mass is 15.1. The fourth-order valence-electron chi connectivity index (χ4n) is 3.15. The average Bonchev–Trinajstić information content (AvgIpc) is 2.34. The van der Waals surface area contributed by atoms with E-state index in [1.807, 2.05) is 0 Å². The molecule has 3 atom stereocenters. The van der Waals surface area contributed by atoms with Gasteiger partial charge in [-0.1, -0.05) is 46.0 Å². The van der Waals surface area contributed by atoms with Crippen LogP contribution in [-0.4, -0.2) is 30.6 Å². The molecule has 0 aliphatic heterocycles. The summed E-state index contributed by atoms with van der Waals surface area (Å²) in [6, 6.07) is 1.05. The van der Waals surface area contributed by atoms with Gasteiger partial charge < -0.3 is 10.6 Å². The molecule has 0 aromatic heterocycles. The van der Waals surface area contributed by atoms with Crippen molar-refractivity contribution in [3.8, 4) is 0 Å². The first kappa shape index (κ1) is 15.0. The van der Waals surface area contributed by atoms with E-state index in [2.05, 4.69) is 25.8 Å². The van der Waals surface area contributed by atoms with Gasteiger partial charge in [-0.3, -0.25) is 0 Å². The van der Waals surface area contributed by atoms with Crippen LogP contribution in [0.5, 0.6) is 0 Å². The topological polar surface area (TPSA) is 29.3 Å². The fourth-order valence-corrected chi connectivity index (χ4v) is 3.15. The van der Waals surface area contributed by atoms with Gasteiger partial charge >= 0.3 is 0 Å². The third kappa shape index (κ3) is 4.97. The summed E-state index contributed by atoms with van der Waals surface area (Å²) in [6.07, 6.45) is 10.6. The lowest BCUT2D eigenvalue weighted by molar-refractivity contribution is 0.142. The standard InChI is InChI=1S/C15H32N2/c1-4-6-9-13(5-2)12-17(3)15-11-8-7-10-14(15)16/h13-15H,4-12,16H2,1-3H3. The predicted octanol–water partition coefficient (Wildman–Crippen LogP) is 3.40. The molecule has 0 heterocycles. The van der Waals surface area contributed by atoms with Crippen LogP contribution in [0.15, 0.2) is 0 Å². The molecule has 1 saturated carbocycles. The molecule has 3 unspecified atom stereocenters. The molecule has 0 aromatic rings. The third-order valence-corrected chi connectivity index (χ3v) is 4.44. The lowest BCUT2D eigenvalue weighted by atomic mass is 9.89. The third-order valence-electron chi connectivity index (χ3n) is 4.44. The monoisotopic (exact) mass is 240 g/mol. The Hall–Kier alpha value is -0.0800. The van der Waals surface area contributed by atoms with Crippen molar-refractivity contribution in [1.82, 2.24) is 4.90 Å². The molecule has 1 fully saturated rings. The van der Waals surface area contributed by atoms with Crippen molar-refractivity contribution in [3.63, 3.8) is 0 Å². The Labute approximate surface area is 108 Å². The summed E-state index contributed by atoms with van der Waals surface area (Å²) in [7, 11) is 2.28. The first-order chi connectivity index (χ1) is 8.19. The minimum absolute atomic E-state index is 0.414. The summed E-state index contributed by atoms with van der Waals surface area (Å²) < 4.78 is 0. The van der Waals surface area contributed by atoms with Crippen molar-refractivity contribution in [1.29, 1.82) is 0 Å². The van der Waals surface area contributed by atoms with Gasteiger partial charge in [-0.25, -0.2) is 0 Å². The van der Waals surface area contributed by atoms with Gasteiger partial charge in [-0.05, 0) is 32.2 Å². The number of unbranched alkanes of at least 4 members (excludes halogenated alkanes) is 1. The predicted molar refractivity (Wildman–Crippen MR) is 76.2 cm³/mol. The second kappa shape index (κ2) is 8.10. The quantitative estimate of drug-likeness (QED) is 0.739. The maximum Gasteiger partial charge on any atom is 0.0244 e. The zero-order valence-electron chi connectivity index (χ0n) is 12.1. The van der Waals surface area contributed by atoms with E-state index in [9.17, 15) is 0 Å². The maximum atomic E-state index is 6.26. The Morgan fingerprint density at radius 3 is 2.53 bits per heavy atom. The molecule has 0 bridgehead atoms. The van der Waals surface area contributed by atoms with E-state index >= 15 is 0 Å². The smallest absolute Gasteiger partial charge is 0.0244 e. The molecule has 0 amide bonds. The highest BCUT2D eigenvalue weighted by Crippen LogP contribution is 2.23. The molecule has 0 aromatic carbocycles. The van der Waals surface area contributed by atoms with E-state index < -0.39 is 0 Å². The molecular weight excluding hydrogens is 208 g/mol. The van der Waals surface area contributed by atoms with E-state index in [-0.39, 0.29) is 0 Å². The molecule has 0 saturated heterocycles. The summed E-state index contributed by atoms with van der Waals surface area (Å²) in [6.45, 7) is 5.86. The zero-order chi connectivity index (χ0) is 12.7. The van der Waals surface area contributed by atoms with Crippen LogP contribution in [0.25, 0.3) is 0 Å². The van der Waals surface area contributed by atoms with Crippen molar-refractivity contribution in [3.05, 3.63) is 0 Å². The lowest BCUT2D eigenvalue weighted by Gasteiger charge is -2.37. The second-order valence-electron chi connectivity index (χ2n) is 5.87. The summed E-state index contributed by atoms with van der Waals surface area (Å²) in [4.78, 5) is 2.55. The van der Waals surface area contributed by atoms with Crippen molar-refractivity contribution < 1.29 is 0 Å². The van der Waals surface area contributed by atoms with E-state index in [0.29, 0.717) is 12.1 Å². The number of likely N-dealkylation sites (N-methyl/N-ethyl adjacent to an activating group) is 1. The Balaban J connectivity index is 2.36. The fraction of sp³-hybridized carbons (Fsp3) is 1.00. The minimum Gasteiger partial charge on any atom is -0.326 e. The van der Waals surface area contributed by atoms with Gasteiger partial charge in [0.05, 0.1) is 0 Å². The van der Waals surface area contributed by atoms with Crippen molar-refractivity contribution >= 4 is 0 Å². The number of nitrogens with two attached hydrogens (primary N) is 1. The minimum atomic E-state index is 0.414. The van der Waals surface area contributed by atoms with Crippen molar-refractivity contribution in [2.75, 3.05) is 13.6 Å². The average molecular weight is 240 g/mol. The van der Waals surface area contributed by atoms with Gasteiger partial charge in [0.1, 0.15) is 0 Å². The Bertz CT molecular complexity index is 193. The molecule has 2 heteroatoms. The lowest BCUT2D eigenvalue weighted by Crippen LogP contribution is -2.49. The molecule has 2 N–H and O–H groups in total. The van der Waals surface area contributed by atoms with Gasteiger partial charge in [-0.2, -0.15) is 0 Å². The molecule has 2 nitrogen and oxygen atoms in total. The van der Waals surface area contributed by atoms with E-state index in [4.69, 9.17) is 5.73 Å². The van der Waals surface area contributed by atoms with Crippen LogP contribution < -0.4 is 5.73 Å². The van der Waals surface area contributed by atoms with Crippen molar-refractivity contribution in [2.24, 2.45) is 11.7 Å². The molecule has 1 rings (SSSR count). The normalized spacial score (nSPS) is 27.4. The maximum absolute atomic E-state index is 6.26. The van der Waals surface area contributed by atoms with Crippen LogP contribution in [0.4, 0.5) is 0 Å². The highest BCUT2D eigenvalue weighted by molar-refractivity contribution is 4.85. The van der Waals surface area contributed by atoms with E-state index in [0.717, 1.165) is 5.92 Å². The van der Waals surface area contributed by atoms with Crippen LogP contribution >= 0.6 is 0 Å². The van der Waals surface area contributed by atoms with Gasteiger partial charge in [0.15, 0.2) is 0 Å². The number of hydrogen-bond donors (Lipinski definition) is 1. The zero-order valence-corrected chi connectivity index (χ0v) is 12.1. The van der Waals surface area contributed by atoms with E-state index in [1.54, 1.807) is 0 Å². The Morgan fingerprint density at radius 2 is 1.94 bits per heavy atom. The van der Waals surface area contributed by atoms with Crippen LogP contribution in [0.2, 0.25) is 0 Å². The SMILES string of the molecule is CCCCC(CC)CN(C)C1CCCCC1N. The van der Waals surface area contributed by atoms with Crippen LogP contribution in [0, 0.1) is 5.92 Å². The number of hydrogen-bond acceptors (Lipinski definition) is 2. The van der Waals surface area contributed by atoms with Gasteiger partial charge in [0.25, 0.3) is 0 Å². The molecule has 1 aliphatic rings. The summed E-state index contributed by atoms with van der Waals surface area (Å²) >= 11 is 0. The van der Waals surface area contributed by atoms with Gasteiger partial charge in [0.2, 0.25) is 0 Å². The van der Waals surface area contributed by atoms with Crippen LogP contribution in [-0.2, 0) is 0 Å². The first-order valence-corrected chi connectivity index (χ1v) is 7.64. The van der Waals surface area contributed by atoms with Crippen molar-refractivity contribution in [2.45, 2.75) is 77.3 Å². The molecule has 0 radical (unpaired) electrons. The Morgan fingerprint density at radius 1 is 1.24 bits per heavy atom. The summed E-state index contributed by atoms with van der Waals surface area (Å²) in [5.41, 5.74) is 6.26. The largest absolute Gasteiger partial charge is 0.326 e. The summed E-state index contributed by atoms with van der Waals surface area (Å²) in [5, 5.41) is 0. The van der Waals surface area contributed by atoms with E-state index in [1.165, 1.54) is 57.9 Å². The molecule has 1 aliphatic carbocycles. The molecular formula is C15H32N2. The second-order valence-corrected chi connectivity index (χ2v) is 5.87. The molecule has 0 spiro atoms. The number of nitrogens with zero attached hydrogens (tertiary/aromatic N) is 1. The Kier molecular flexibility index (Phi) is 7.14. The van der Waals surface area contributed by atoms with Crippen LogP contribution in [0.3, 0.4) is 0 Å². The number of rotatable bonds is 7. The first-order valence-electron chi connectivity index (χ1n) is 7.64. The molecule has 102 valence electrons. The summed E-state index contributed by atoms with van der Waals surface area (Å²) in [5.74, 6) is 0.870. The highest BCUT2D eigenvalue weighted by Gasteiger charge is 2.26. The van der Waals surface area contributed by atoms with Gasteiger partial charge in [0, 0.05) is 18.6 Å².